The minimum Gasteiger partial charge on any atom is -0.481 e. The molecule has 1 aromatic rings. The molecule has 7 heteroatoms. The first-order valence-corrected chi connectivity index (χ1v) is 3.38. The van der Waals surface area contributed by atoms with Crippen molar-refractivity contribution < 1.29 is 14.8 Å². The Labute approximate surface area is 72.8 Å². The van der Waals surface area contributed by atoms with Crippen molar-refractivity contribution in [2.75, 3.05) is 0 Å². The van der Waals surface area contributed by atoms with Gasteiger partial charge in [-0.25, -0.2) is 0 Å². The van der Waals surface area contributed by atoms with Crippen LogP contribution in [-0.4, -0.2) is 25.6 Å². The molecular weight excluding hydrogens is 178 g/mol. The molecule has 0 spiro atoms. The van der Waals surface area contributed by atoms with Gasteiger partial charge in [-0.05, 0) is 9.91 Å². The molecule has 7 nitrogen and oxygen atoms in total. The van der Waals surface area contributed by atoms with Gasteiger partial charge in [-0.15, -0.1) is 0 Å². The van der Waals surface area contributed by atoms with Crippen LogP contribution in [0.4, 0.5) is 5.82 Å². The second kappa shape index (κ2) is 3.21. The maximum atomic E-state index is 10.4. The second-order valence-electron chi connectivity index (χ2n) is 2.45. The first-order chi connectivity index (χ1) is 6.02. The topological polar surface area (TPSA) is 98.3 Å². The summed E-state index contributed by atoms with van der Waals surface area (Å²) in [5.74, 6) is -1.52. The predicted octanol–water partition coefficient (Wildman–Crippen LogP) is -0.0446. The lowest BCUT2D eigenvalue weighted by molar-refractivity contribution is -0.390. The number of nitro groups is 1. The van der Waals surface area contributed by atoms with E-state index in [0.29, 0.717) is 0 Å². The van der Waals surface area contributed by atoms with Crippen molar-refractivity contribution in [3.05, 3.63) is 22.1 Å². The summed E-state index contributed by atoms with van der Waals surface area (Å²) in [6.07, 6.45) is 0.823. The lowest BCUT2D eigenvalue weighted by Crippen LogP contribution is -2.07. The molecule has 0 aliphatic carbocycles. The van der Waals surface area contributed by atoms with E-state index in [-0.39, 0.29) is 5.69 Å². The number of aromatic nitrogens is 2. The van der Waals surface area contributed by atoms with E-state index < -0.39 is 23.1 Å². The maximum Gasteiger partial charge on any atom is 0.385 e. The first kappa shape index (κ1) is 9.17. The average molecular weight is 185 g/mol. The third-order valence-electron chi connectivity index (χ3n) is 1.53. The number of rotatable bonds is 3. The van der Waals surface area contributed by atoms with Crippen LogP contribution in [0.2, 0.25) is 0 Å². The molecule has 0 aliphatic rings. The molecule has 1 rings (SSSR count). The molecular formula is C6H7N3O4. The monoisotopic (exact) mass is 185 g/mol. The fraction of sp³-hybridized carbons (Fsp3) is 0.333. The maximum absolute atomic E-state index is 10.4. The molecule has 1 N–H and O–H groups in total. The standard InChI is InChI=1S/C6H7N3O4/c1-8-3-7-6(9(12)13)4(8)2-5(10)11/h3H,2H2,1H3,(H,10,11). The van der Waals surface area contributed by atoms with E-state index in [1.165, 1.54) is 17.9 Å². The van der Waals surface area contributed by atoms with Gasteiger partial charge in [-0.1, -0.05) is 0 Å². The molecule has 0 radical (unpaired) electrons. The van der Waals surface area contributed by atoms with Gasteiger partial charge in [-0.3, -0.25) is 4.79 Å². The van der Waals surface area contributed by atoms with Crippen molar-refractivity contribution in [3.8, 4) is 0 Å². The molecule has 0 saturated heterocycles. The van der Waals surface area contributed by atoms with E-state index in [1.54, 1.807) is 0 Å². The zero-order chi connectivity index (χ0) is 10.0. The molecule has 1 aromatic heterocycles. The van der Waals surface area contributed by atoms with Crippen molar-refractivity contribution in [1.82, 2.24) is 9.55 Å². The van der Waals surface area contributed by atoms with Crippen LogP contribution in [0.3, 0.4) is 0 Å². The van der Waals surface area contributed by atoms with E-state index >= 15 is 0 Å². The lowest BCUT2D eigenvalue weighted by atomic mass is 10.3. The Morgan fingerprint density at radius 1 is 1.85 bits per heavy atom. The summed E-state index contributed by atoms with van der Waals surface area (Å²) in [7, 11) is 1.51. The van der Waals surface area contributed by atoms with E-state index in [0.717, 1.165) is 0 Å². The summed E-state index contributed by atoms with van der Waals surface area (Å²) in [5, 5.41) is 18.8. The van der Waals surface area contributed by atoms with Crippen LogP contribution in [0.5, 0.6) is 0 Å². The fourth-order valence-electron chi connectivity index (χ4n) is 0.943. The highest BCUT2D eigenvalue weighted by Crippen LogP contribution is 2.15. The Hall–Kier alpha value is -1.92. The molecule has 0 unspecified atom stereocenters. The third kappa shape index (κ3) is 1.81. The summed E-state index contributed by atoms with van der Waals surface area (Å²) in [5.41, 5.74) is 0.0949. The Kier molecular flexibility index (Phi) is 2.27. The SMILES string of the molecule is Cn1cnc([N+](=O)[O-])c1CC(=O)O. The molecule has 0 bridgehead atoms. The number of aryl methyl sites for hydroxylation is 1. The Bertz CT molecular complexity index is 357. The van der Waals surface area contributed by atoms with Gasteiger partial charge in [0.25, 0.3) is 0 Å². The normalized spacial score (nSPS) is 9.92. The van der Waals surface area contributed by atoms with Gasteiger partial charge in [0.2, 0.25) is 6.33 Å². The number of nitrogens with zero attached hydrogens (tertiary/aromatic N) is 3. The highest BCUT2D eigenvalue weighted by Gasteiger charge is 2.21. The quantitative estimate of drug-likeness (QED) is 0.526. The highest BCUT2D eigenvalue weighted by molar-refractivity contribution is 5.70. The van der Waals surface area contributed by atoms with Crippen LogP contribution < -0.4 is 0 Å². The van der Waals surface area contributed by atoms with Crippen LogP contribution in [0.25, 0.3) is 0 Å². The van der Waals surface area contributed by atoms with Crippen LogP contribution >= 0.6 is 0 Å². The van der Waals surface area contributed by atoms with Gasteiger partial charge in [0.15, 0.2) is 0 Å². The second-order valence-corrected chi connectivity index (χ2v) is 2.45. The summed E-state index contributed by atoms with van der Waals surface area (Å²) in [4.78, 5) is 23.5. The van der Waals surface area contributed by atoms with Gasteiger partial charge in [-0.2, -0.15) is 0 Å². The third-order valence-corrected chi connectivity index (χ3v) is 1.53. The molecule has 13 heavy (non-hydrogen) atoms. The van der Waals surface area contributed by atoms with E-state index in [1.807, 2.05) is 0 Å². The van der Waals surface area contributed by atoms with Gasteiger partial charge in [0.05, 0.1) is 6.42 Å². The first-order valence-electron chi connectivity index (χ1n) is 3.38. The molecule has 0 atom stereocenters. The van der Waals surface area contributed by atoms with Crippen molar-refractivity contribution >= 4 is 11.8 Å². The number of hydrogen-bond acceptors (Lipinski definition) is 4. The van der Waals surface area contributed by atoms with Gasteiger partial charge in [0.1, 0.15) is 5.69 Å². The summed E-state index contributed by atoms with van der Waals surface area (Å²) in [6, 6.07) is 0. The number of hydrogen-bond donors (Lipinski definition) is 1. The Morgan fingerprint density at radius 2 is 2.46 bits per heavy atom. The van der Waals surface area contributed by atoms with Crippen molar-refractivity contribution in [2.24, 2.45) is 7.05 Å². The summed E-state index contributed by atoms with van der Waals surface area (Å²) in [6.45, 7) is 0. The molecule has 1 heterocycles. The minimum atomic E-state index is -1.12. The van der Waals surface area contributed by atoms with Crippen molar-refractivity contribution in [2.45, 2.75) is 6.42 Å². The Morgan fingerprint density at radius 3 is 2.92 bits per heavy atom. The largest absolute Gasteiger partial charge is 0.481 e. The molecule has 0 aromatic carbocycles. The number of aliphatic carboxylic acids is 1. The number of carboxylic acid groups (broad SMARTS) is 1. The number of imidazole rings is 1. The van der Waals surface area contributed by atoms with Gasteiger partial charge >= 0.3 is 11.8 Å². The van der Waals surface area contributed by atoms with E-state index in [4.69, 9.17) is 5.11 Å². The molecule has 0 aliphatic heterocycles. The zero-order valence-corrected chi connectivity index (χ0v) is 6.80. The number of carboxylic acids is 1. The van der Waals surface area contributed by atoms with Crippen LogP contribution in [0, 0.1) is 10.1 Å². The zero-order valence-electron chi connectivity index (χ0n) is 6.80. The molecule has 0 fully saturated rings. The predicted molar refractivity (Wildman–Crippen MR) is 41.2 cm³/mol. The molecule has 0 saturated carbocycles. The smallest absolute Gasteiger partial charge is 0.385 e. The Balaban J connectivity index is 3.08. The van der Waals surface area contributed by atoms with Crippen molar-refractivity contribution in [3.63, 3.8) is 0 Å². The van der Waals surface area contributed by atoms with Gasteiger partial charge in [0, 0.05) is 7.05 Å². The highest BCUT2D eigenvalue weighted by atomic mass is 16.6. The summed E-state index contributed by atoms with van der Waals surface area (Å²) >= 11 is 0. The van der Waals surface area contributed by atoms with Crippen LogP contribution in [0.15, 0.2) is 6.33 Å². The van der Waals surface area contributed by atoms with Crippen molar-refractivity contribution in [1.29, 1.82) is 0 Å². The lowest BCUT2D eigenvalue weighted by Gasteiger charge is -1.96. The van der Waals surface area contributed by atoms with Gasteiger partial charge < -0.3 is 19.8 Å². The minimum absolute atomic E-state index is 0.0949. The van der Waals surface area contributed by atoms with E-state index in [2.05, 4.69) is 4.98 Å². The van der Waals surface area contributed by atoms with E-state index in [9.17, 15) is 14.9 Å². The average Bonchev–Trinajstić information content (AvgIpc) is 2.32. The summed E-state index contributed by atoms with van der Waals surface area (Å²) < 4.78 is 1.33. The van der Waals surface area contributed by atoms with Crippen LogP contribution in [0.1, 0.15) is 5.69 Å². The molecule has 0 amide bonds. The van der Waals surface area contributed by atoms with Crippen LogP contribution in [-0.2, 0) is 18.3 Å². The fourth-order valence-corrected chi connectivity index (χ4v) is 0.943. The molecule has 70 valence electrons. The number of carbonyl (C=O) groups is 1.